The Bertz CT molecular complexity index is 1120. The van der Waals surface area contributed by atoms with E-state index in [9.17, 15) is 23.3 Å². The van der Waals surface area contributed by atoms with Crippen LogP contribution in [-0.2, 0) is 6.18 Å². The Labute approximate surface area is 170 Å². The van der Waals surface area contributed by atoms with Crippen LogP contribution < -0.4 is 4.74 Å². The van der Waals surface area contributed by atoms with Crippen molar-refractivity contribution in [1.29, 1.82) is 0 Å². The Morgan fingerprint density at radius 2 is 1.73 bits per heavy atom. The van der Waals surface area contributed by atoms with E-state index in [0.29, 0.717) is 11.6 Å². The van der Waals surface area contributed by atoms with Gasteiger partial charge in [-0.2, -0.15) is 13.2 Å². The van der Waals surface area contributed by atoms with Gasteiger partial charge in [0, 0.05) is 17.8 Å². The summed E-state index contributed by atoms with van der Waals surface area (Å²) >= 11 is 0. The zero-order valence-corrected chi connectivity index (χ0v) is 16.1. The van der Waals surface area contributed by atoms with Gasteiger partial charge in [0.1, 0.15) is 5.75 Å². The number of hydrogen-bond donors (Lipinski definition) is 0. The number of hydrogen-bond acceptors (Lipinski definition) is 4. The molecule has 0 spiro atoms. The van der Waals surface area contributed by atoms with Gasteiger partial charge in [-0.3, -0.25) is 15.1 Å². The minimum atomic E-state index is -4.69. The summed E-state index contributed by atoms with van der Waals surface area (Å²) in [7, 11) is 0. The average Bonchev–Trinajstić information content (AvgIpc) is 2.69. The summed E-state index contributed by atoms with van der Waals surface area (Å²) in [5, 5.41) is 11.3. The highest BCUT2D eigenvalue weighted by Gasteiger charge is 2.33. The first-order valence-electron chi connectivity index (χ1n) is 8.89. The quantitative estimate of drug-likeness (QED) is 0.263. The molecule has 0 heterocycles. The van der Waals surface area contributed by atoms with Crippen molar-refractivity contribution in [2.24, 2.45) is 4.99 Å². The molecular formula is C22H17F3N2O3. The van der Waals surface area contributed by atoms with Gasteiger partial charge in [0.15, 0.2) is 0 Å². The molecule has 0 unspecified atom stereocenters. The van der Waals surface area contributed by atoms with Crippen LogP contribution in [0.1, 0.15) is 22.3 Å². The van der Waals surface area contributed by atoms with Gasteiger partial charge >= 0.3 is 11.9 Å². The maximum atomic E-state index is 12.9. The number of halogens is 3. The molecule has 5 nitrogen and oxygen atoms in total. The molecule has 3 rings (SSSR count). The molecule has 154 valence electrons. The Hall–Kier alpha value is -3.68. The Morgan fingerprint density at radius 3 is 2.43 bits per heavy atom. The molecule has 0 aliphatic carbocycles. The molecule has 0 fully saturated rings. The van der Waals surface area contributed by atoms with Crippen LogP contribution in [0.3, 0.4) is 0 Å². The summed E-state index contributed by atoms with van der Waals surface area (Å²) in [6.07, 6.45) is -3.15. The van der Waals surface area contributed by atoms with Crippen molar-refractivity contribution in [3.8, 4) is 11.5 Å². The van der Waals surface area contributed by atoms with Gasteiger partial charge in [0.05, 0.1) is 16.2 Å². The monoisotopic (exact) mass is 414 g/mol. The van der Waals surface area contributed by atoms with E-state index < -0.39 is 22.4 Å². The maximum Gasteiger partial charge on any atom is 0.416 e. The maximum absolute atomic E-state index is 12.9. The summed E-state index contributed by atoms with van der Waals surface area (Å²) < 4.78 is 44.3. The number of alkyl halides is 3. The molecule has 8 heteroatoms. The zero-order valence-electron chi connectivity index (χ0n) is 16.1. The summed E-state index contributed by atoms with van der Waals surface area (Å²) in [5.74, 6) is -0.0602. The zero-order chi connectivity index (χ0) is 21.9. The molecule has 0 aliphatic heterocycles. The fourth-order valence-corrected chi connectivity index (χ4v) is 2.74. The van der Waals surface area contributed by atoms with Crippen LogP contribution in [0.15, 0.2) is 65.7 Å². The molecule has 0 bridgehead atoms. The molecule has 0 amide bonds. The number of nitro groups is 1. The second-order valence-corrected chi connectivity index (χ2v) is 6.55. The predicted octanol–water partition coefficient (Wildman–Crippen LogP) is 6.77. The predicted molar refractivity (Wildman–Crippen MR) is 108 cm³/mol. The van der Waals surface area contributed by atoms with E-state index >= 15 is 0 Å². The van der Waals surface area contributed by atoms with E-state index in [1.54, 1.807) is 30.5 Å². The highest BCUT2D eigenvalue weighted by atomic mass is 19.4. The van der Waals surface area contributed by atoms with E-state index in [0.717, 1.165) is 28.9 Å². The number of nitrogens with zero attached hydrogens (tertiary/aromatic N) is 2. The Balaban J connectivity index is 1.96. The average molecular weight is 414 g/mol. The fourth-order valence-electron chi connectivity index (χ4n) is 2.74. The van der Waals surface area contributed by atoms with Gasteiger partial charge in [-0.15, -0.1) is 0 Å². The van der Waals surface area contributed by atoms with Crippen molar-refractivity contribution in [2.75, 3.05) is 0 Å². The van der Waals surface area contributed by atoms with Crippen LogP contribution in [0.4, 0.5) is 24.5 Å². The molecule has 0 saturated carbocycles. The van der Waals surface area contributed by atoms with E-state index in [1.807, 2.05) is 32.0 Å². The third-order valence-corrected chi connectivity index (χ3v) is 4.54. The normalized spacial score (nSPS) is 11.6. The summed E-state index contributed by atoms with van der Waals surface area (Å²) in [6, 6.07) is 14.5. The Morgan fingerprint density at radius 1 is 1.00 bits per heavy atom. The van der Waals surface area contributed by atoms with Crippen molar-refractivity contribution in [1.82, 2.24) is 0 Å². The summed E-state index contributed by atoms with van der Waals surface area (Å²) in [6.45, 7) is 3.91. The SMILES string of the molecule is Cc1cccc(N=Cc2ccccc2Oc2ccc(C(F)(F)F)cc2[N+](=O)[O-])c1C. The highest BCUT2D eigenvalue weighted by molar-refractivity contribution is 5.86. The van der Waals surface area contributed by atoms with Crippen molar-refractivity contribution in [3.63, 3.8) is 0 Å². The van der Waals surface area contributed by atoms with Gasteiger partial charge in [0.2, 0.25) is 5.75 Å². The fraction of sp³-hybridized carbons (Fsp3) is 0.136. The van der Waals surface area contributed by atoms with Crippen LogP contribution in [-0.4, -0.2) is 11.1 Å². The summed E-state index contributed by atoms with van der Waals surface area (Å²) in [4.78, 5) is 14.8. The minimum absolute atomic E-state index is 0.231. The molecule has 0 saturated heterocycles. The number of rotatable bonds is 5. The van der Waals surface area contributed by atoms with Crippen LogP contribution >= 0.6 is 0 Å². The number of aryl methyl sites for hydroxylation is 1. The van der Waals surface area contributed by atoms with Crippen LogP contribution in [0.5, 0.6) is 11.5 Å². The number of ether oxygens (including phenoxy) is 1. The third-order valence-electron chi connectivity index (χ3n) is 4.54. The molecule has 30 heavy (non-hydrogen) atoms. The number of nitro benzene ring substituents is 1. The van der Waals surface area contributed by atoms with Gasteiger partial charge in [-0.05, 0) is 55.3 Å². The highest BCUT2D eigenvalue weighted by Crippen LogP contribution is 2.38. The van der Waals surface area contributed by atoms with Crippen LogP contribution in [0.25, 0.3) is 0 Å². The lowest BCUT2D eigenvalue weighted by molar-refractivity contribution is -0.385. The smallest absolute Gasteiger partial charge is 0.416 e. The molecule has 0 N–H and O–H groups in total. The van der Waals surface area contributed by atoms with Crippen LogP contribution in [0.2, 0.25) is 0 Å². The standard InChI is InChI=1S/C22H17F3N2O3/c1-14-6-5-8-18(15(14)2)26-13-16-7-3-4-9-20(16)30-21-11-10-17(22(23,24)25)12-19(21)27(28)29/h3-13H,1-2H3. The first-order chi connectivity index (χ1) is 14.2. The first-order valence-corrected chi connectivity index (χ1v) is 8.89. The van der Waals surface area contributed by atoms with E-state index in [2.05, 4.69) is 4.99 Å². The Kier molecular flexibility index (Phi) is 5.86. The van der Waals surface area contributed by atoms with E-state index in [4.69, 9.17) is 4.74 Å². The molecule has 0 radical (unpaired) electrons. The van der Waals surface area contributed by atoms with Gasteiger partial charge < -0.3 is 4.74 Å². The third kappa shape index (κ3) is 4.65. The lowest BCUT2D eigenvalue weighted by atomic mass is 10.1. The number of aliphatic imine (C=N–C) groups is 1. The molecule has 3 aromatic rings. The van der Waals surface area contributed by atoms with Crippen LogP contribution in [0, 0.1) is 24.0 Å². The topological polar surface area (TPSA) is 64.7 Å². The lowest BCUT2D eigenvalue weighted by Crippen LogP contribution is -2.06. The number of benzene rings is 3. The minimum Gasteiger partial charge on any atom is -0.449 e. The van der Waals surface area contributed by atoms with E-state index in [-0.39, 0.29) is 11.5 Å². The second-order valence-electron chi connectivity index (χ2n) is 6.55. The van der Waals surface area contributed by atoms with E-state index in [1.165, 1.54) is 0 Å². The van der Waals surface area contributed by atoms with Crippen molar-refractivity contribution >= 4 is 17.6 Å². The molecular weight excluding hydrogens is 397 g/mol. The lowest BCUT2D eigenvalue weighted by Gasteiger charge is -2.11. The second kappa shape index (κ2) is 8.36. The van der Waals surface area contributed by atoms with Gasteiger partial charge in [-0.1, -0.05) is 24.3 Å². The first kappa shape index (κ1) is 21.0. The van der Waals surface area contributed by atoms with Crippen molar-refractivity contribution in [2.45, 2.75) is 20.0 Å². The van der Waals surface area contributed by atoms with Crippen molar-refractivity contribution in [3.05, 3.63) is 93.0 Å². The van der Waals surface area contributed by atoms with Gasteiger partial charge in [0.25, 0.3) is 0 Å². The summed E-state index contributed by atoms with van der Waals surface area (Å²) in [5.41, 5.74) is 1.47. The van der Waals surface area contributed by atoms with Gasteiger partial charge in [-0.25, -0.2) is 0 Å². The molecule has 0 aliphatic rings. The number of para-hydroxylation sites is 1. The molecule has 0 aromatic heterocycles. The van der Waals surface area contributed by atoms with Crippen molar-refractivity contribution < 1.29 is 22.8 Å². The molecule has 0 atom stereocenters. The molecule has 3 aromatic carbocycles. The largest absolute Gasteiger partial charge is 0.449 e.